The Bertz CT molecular complexity index is 749. The van der Waals surface area contributed by atoms with Crippen molar-refractivity contribution < 1.29 is 24.5 Å². The van der Waals surface area contributed by atoms with Crippen LogP contribution in [-0.2, 0) is 9.53 Å². The molecule has 0 aromatic heterocycles. The Hall–Kier alpha value is -1.99. The predicted octanol–water partition coefficient (Wildman–Crippen LogP) is 4.23. The van der Waals surface area contributed by atoms with Gasteiger partial charge in [0.05, 0.1) is 19.5 Å². The summed E-state index contributed by atoms with van der Waals surface area (Å²) in [5.41, 5.74) is 0.851. The van der Waals surface area contributed by atoms with Crippen LogP contribution < -0.4 is 4.74 Å². The maximum absolute atomic E-state index is 11.8. The third-order valence-corrected chi connectivity index (χ3v) is 5.54. The molecule has 2 aromatic carbocycles. The normalized spacial score (nSPS) is 10.5. The van der Waals surface area contributed by atoms with Gasteiger partial charge in [0, 0.05) is 15.5 Å². The van der Waals surface area contributed by atoms with Gasteiger partial charge in [-0.05, 0) is 55.3 Å². The first kappa shape index (κ1) is 20.3. The topological polar surface area (TPSA) is 76.0 Å². The van der Waals surface area contributed by atoms with E-state index < -0.39 is 0 Å². The molecule has 0 spiro atoms. The first-order valence-electron chi connectivity index (χ1n) is 8.07. The van der Waals surface area contributed by atoms with Crippen LogP contribution in [-0.4, -0.2) is 41.4 Å². The molecular weight excluding hydrogens is 372 g/mol. The largest absolute Gasteiger partial charge is 0.508 e. The van der Waals surface area contributed by atoms with Crippen molar-refractivity contribution in [2.75, 3.05) is 25.2 Å². The molecule has 0 amide bonds. The van der Waals surface area contributed by atoms with E-state index in [0.717, 1.165) is 27.5 Å². The number of thioether (sulfide) groups is 2. The van der Waals surface area contributed by atoms with E-state index in [0.29, 0.717) is 18.1 Å². The molecule has 0 aliphatic rings. The third kappa shape index (κ3) is 6.38. The van der Waals surface area contributed by atoms with Crippen LogP contribution in [0.15, 0.2) is 46.2 Å². The van der Waals surface area contributed by atoms with Gasteiger partial charge >= 0.3 is 5.97 Å². The summed E-state index contributed by atoms with van der Waals surface area (Å²) in [7, 11) is 1.48. The van der Waals surface area contributed by atoms with Crippen LogP contribution in [0, 0.1) is 6.92 Å². The number of rotatable bonds is 9. The fraction of sp³-hybridized carbons (Fsp3) is 0.316. The van der Waals surface area contributed by atoms with Gasteiger partial charge in [0.1, 0.15) is 5.75 Å². The number of aryl methyl sites for hydroxylation is 1. The molecule has 0 saturated heterocycles. The molecule has 0 bridgehead atoms. The smallest absolute Gasteiger partial charge is 0.316 e. The molecule has 0 radical (unpaired) electrons. The van der Waals surface area contributed by atoms with Crippen LogP contribution in [0.25, 0.3) is 0 Å². The summed E-state index contributed by atoms with van der Waals surface area (Å²) in [4.78, 5) is 13.7. The van der Waals surface area contributed by atoms with Gasteiger partial charge in [-0.3, -0.25) is 4.79 Å². The van der Waals surface area contributed by atoms with Crippen molar-refractivity contribution in [3.8, 4) is 17.2 Å². The van der Waals surface area contributed by atoms with E-state index in [2.05, 4.69) is 0 Å². The molecule has 140 valence electrons. The van der Waals surface area contributed by atoms with Gasteiger partial charge in [0.2, 0.25) is 0 Å². The Morgan fingerprint density at radius 1 is 1.04 bits per heavy atom. The number of ether oxygens (including phenoxy) is 2. The number of phenols is 2. The highest BCUT2D eigenvalue weighted by Gasteiger charge is 2.07. The van der Waals surface area contributed by atoms with Gasteiger partial charge in [0.25, 0.3) is 0 Å². The lowest BCUT2D eigenvalue weighted by molar-refractivity contribution is -0.140. The summed E-state index contributed by atoms with van der Waals surface area (Å²) < 4.78 is 10.3. The van der Waals surface area contributed by atoms with E-state index >= 15 is 0 Å². The van der Waals surface area contributed by atoms with Crippen LogP contribution in [0.3, 0.4) is 0 Å². The minimum atomic E-state index is -0.271. The Balaban J connectivity index is 1.63. The highest BCUT2D eigenvalue weighted by Crippen LogP contribution is 2.31. The van der Waals surface area contributed by atoms with Gasteiger partial charge in [-0.25, -0.2) is 0 Å². The van der Waals surface area contributed by atoms with Crippen LogP contribution in [0.5, 0.6) is 17.2 Å². The zero-order chi connectivity index (χ0) is 18.9. The van der Waals surface area contributed by atoms with E-state index in [1.807, 2.05) is 19.1 Å². The number of carbonyl (C=O) groups is 1. The second-order valence-electron chi connectivity index (χ2n) is 5.49. The zero-order valence-corrected chi connectivity index (χ0v) is 16.4. The Morgan fingerprint density at radius 2 is 1.73 bits per heavy atom. The fourth-order valence-corrected chi connectivity index (χ4v) is 3.73. The fourth-order valence-electron chi connectivity index (χ4n) is 2.08. The molecule has 2 N–H and O–H groups in total. The minimum Gasteiger partial charge on any atom is -0.508 e. The summed E-state index contributed by atoms with van der Waals surface area (Å²) in [6.45, 7) is 2.24. The van der Waals surface area contributed by atoms with Crippen LogP contribution >= 0.6 is 23.5 Å². The van der Waals surface area contributed by atoms with E-state index in [9.17, 15) is 15.0 Å². The van der Waals surface area contributed by atoms with Crippen LogP contribution in [0.1, 0.15) is 12.0 Å². The predicted molar refractivity (Wildman–Crippen MR) is 105 cm³/mol. The van der Waals surface area contributed by atoms with Gasteiger partial charge in [-0.15, -0.1) is 23.5 Å². The lowest BCUT2D eigenvalue weighted by Crippen LogP contribution is -2.08. The maximum atomic E-state index is 11.8. The molecule has 0 fully saturated rings. The second kappa shape index (κ2) is 10.2. The molecule has 0 unspecified atom stereocenters. The molecule has 5 nitrogen and oxygen atoms in total. The van der Waals surface area contributed by atoms with Crippen molar-refractivity contribution in [3.05, 3.63) is 42.0 Å². The number of hydrogen-bond donors (Lipinski definition) is 2. The summed E-state index contributed by atoms with van der Waals surface area (Å²) >= 11 is 3.00. The number of methoxy groups -OCH3 is 1. The molecule has 7 heteroatoms. The van der Waals surface area contributed by atoms with Gasteiger partial charge in [-0.1, -0.05) is 0 Å². The molecule has 0 atom stereocenters. The second-order valence-corrected chi connectivity index (χ2v) is 7.71. The maximum Gasteiger partial charge on any atom is 0.316 e. The van der Waals surface area contributed by atoms with Crippen molar-refractivity contribution in [1.29, 1.82) is 0 Å². The Kier molecular flexibility index (Phi) is 8.00. The summed E-state index contributed by atoms with van der Waals surface area (Å²) in [5.74, 6) is 1.52. The zero-order valence-electron chi connectivity index (χ0n) is 14.7. The lowest BCUT2D eigenvalue weighted by Gasteiger charge is -2.07. The quantitative estimate of drug-likeness (QED) is 0.374. The minimum absolute atomic E-state index is 0.0701. The monoisotopic (exact) mass is 394 g/mol. The highest BCUT2D eigenvalue weighted by molar-refractivity contribution is 8.00. The lowest BCUT2D eigenvalue weighted by atomic mass is 10.2. The molecule has 26 heavy (non-hydrogen) atoms. The van der Waals surface area contributed by atoms with E-state index in [4.69, 9.17) is 9.47 Å². The number of phenolic OH excluding ortho intramolecular Hbond substituents is 2. The van der Waals surface area contributed by atoms with Crippen molar-refractivity contribution in [1.82, 2.24) is 0 Å². The van der Waals surface area contributed by atoms with Crippen molar-refractivity contribution in [3.63, 3.8) is 0 Å². The molecular formula is C19H22O5S2. The average Bonchev–Trinajstić information content (AvgIpc) is 2.63. The molecule has 2 rings (SSSR count). The molecule has 0 aliphatic carbocycles. The molecule has 0 heterocycles. The van der Waals surface area contributed by atoms with E-state index in [1.54, 1.807) is 30.0 Å². The van der Waals surface area contributed by atoms with Gasteiger partial charge in [-0.2, -0.15) is 0 Å². The Morgan fingerprint density at radius 3 is 2.42 bits per heavy atom. The number of carbonyl (C=O) groups excluding carboxylic acids is 1. The molecule has 0 saturated carbocycles. The van der Waals surface area contributed by atoms with E-state index in [1.165, 1.54) is 24.9 Å². The number of aromatic hydroxyl groups is 2. The van der Waals surface area contributed by atoms with Crippen molar-refractivity contribution >= 4 is 29.5 Å². The number of hydrogen-bond acceptors (Lipinski definition) is 7. The SMILES string of the molecule is COc1cc(SCC(=O)OCCCSc2ccc(O)c(C)c2)ccc1O. The van der Waals surface area contributed by atoms with Crippen LogP contribution in [0.4, 0.5) is 0 Å². The number of benzene rings is 2. The average molecular weight is 395 g/mol. The summed E-state index contributed by atoms with van der Waals surface area (Å²) in [5, 5.41) is 19.1. The van der Waals surface area contributed by atoms with Crippen molar-refractivity contribution in [2.24, 2.45) is 0 Å². The first-order valence-corrected chi connectivity index (χ1v) is 10.0. The third-order valence-electron chi connectivity index (χ3n) is 3.50. The number of esters is 1. The Labute approximate surface area is 161 Å². The van der Waals surface area contributed by atoms with Gasteiger partial charge < -0.3 is 19.7 Å². The molecule has 2 aromatic rings. The summed E-state index contributed by atoms with van der Waals surface area (Å²) in [6.07, 6.45) is 0.758. The van der Waals surface area contributed by atoms with Crippen molar-refractivity contribution in [2.45, 2.75) is 23.1 Å². The standard InChI is InChI=1S/C19H22O5S2/c1-13-10-14(4-6-16(13)20)25-9-3-8-24-19(22)12-26-15-5-7-17(21)18(11-15)23-2/h4-7,10-11,20-21H,3,8-9,12H2,1-2H3. The highest BCUT2D eigenvalue weighted by atomic mass is 32.2. The summed E-state index contributed by atoms with van der Waals surface area (Å²) in [6, 6.07) is 10.5. The van der Waals surface area contributed by atoms with Crippen LogP contribution in [0.2, 0.25) is 0 Å². The van der Waals surface area contributed by atoms with E-state index in [-0.39, 0.29) is 17.5 Å². The molecule has 0 aliphatic heterocycles. The van der Waals surface area contributed by atoms with Gasteiger partial charge in [0.15, 0.2) is 11.5 Å². The first-order chi connectivity index (χ1) is 12.5.